The fourth-order valence-electron chi connectivity index (χ4n) is 4.78. The van der Waals surface area contributed by atoms with E-state index in [-0.39, 0.29) is 19.4 Å². The largest absolute Gasteiger partial charge is 0.469 e. The monoisotopic (exact) mass is 722 g/mol. The predicted octanol–water partition coefficient (Wildman–Crippen LogP) is 10.1. The highest BCUT2D eigenvalue weighted by Gasteiger charge is 2.22. The Hall–Kier alpha value is -2.55. The molecule has 0 rings (SSSR count). The van der Waals surface area contributed by atoms with Crippen molar-refractivity contribution in [2.24, 2.45) is 0 Å². The number of hydrogen-bond donors (Lipinski definition) is 3. The van der Waals surface area contributed by atoms with Gasteiger partial charge < -0.3 is 24.4 Å². The van der Waals surface area contributed by atoms with Gasteiger partial charge in [0.25, 0.3) is 0 Å². The number of aliphatic hydroxyl groups excluding tert-OH is 1. The lowest BCUT2D eigenvalue weighted by Crippen LogP contribution is -2.29. The molecule has 0 aromatic rings. The van der Waals surface area contributed by atoms with Crippen molar-refractivity contribution in [3.05, 3.63) is 72.9 Å². The normalized spacial score (nSPS) is 13.9. The molecule has 0 aliphatic heterocycles. The lowest BCUT2D eigenvalue weighted by atomic mass is 10.0. The second-order valence-electron chi connectivity index (χ2n) is 12.4. The number of allylic oxidation sites excluding steroid dienone is 10. The number of unbranched alkanes of at least 4 members (excludes halogenated alkanes) is 11. The standard InChI is InChI=1S/C40H67O9P/c1-3-5-7-9-11-13-15-17-18-20-22-24-27-31-37(41)32-28-26-30-34-40(43)49-38(36-48-50(44,45)46)35-47-39(42)33-29-25-23-21-19-16-14-12-10-8-6-4-2/h5,7,11,13,17-18,22,24,26-28,31,37-38,41H,3-4,6,8-10,12,14-16,19-21,23,25,29-30,32-36H2,1-2H3,(H2,44,45,46)/b7-5-,13-11-,18-17-,24-22-,28-26-,31-27-/t37?,38-/m1/s1. The van der Waals surface area contributed by atoms with Crippen molar-refractivity contribution in [1.29, 1.82) is 0 Å². The molecule has 0 radical (unpaired) electrons. The van der Waals surface area contributed by atoms with E-state index in [4.69, 9.17) is 19.3 Å². The summed E-state index contributed by atoms with van der Waals surface area (Å²) in [6, 6.07) is 0. The molecule has 3 N–H and O–H groups in total. The molecule has 0 aliphatic carbocycles. The number of aliphatic hydroxyl groups is 1. The molecule has 0 fully saturated rings. The van der Waals surface area contributed by atoms with Gasteiger partial charge in [0.05, 0.1) is 12.7 Å². The average Bonchev–Trinajstić information content (AvgIpc) is 3.08. The van der Waals surface area contributed by atoms with Crippen molar-refractivity contribution < 1.29 is 43.0 Å². The Bertz CT molecular complexity index is 1060. The number of ether oxygens (including phenoxy) is 2. The summed E-state index contributed by atoms with van der Waals surface area (Å²) in [6.07, 6.45) is 40.9. The molecular weight excluding hydrogens is 655 g/mol. The van der Waals surface area contributed by atoms with Crippen LogP contribution in [0, 0.1) is 0 Å². The third kappa shape index (κ3) is 36.7. The van der Waals surface area contributed by atoms with E-state index in [0.29, 0.717) is 19.3 Å². The van der Waals surface area contributed by atoms with Gasteiger partial charge in [-0.1, -0.05) is 157 Å². The van der Waals surface area contributed by atoms with Crippen LogP contribution in [0.1, 0.15) is 142 Å². The van der Waals surface area contributed by atoms with Crippen LogP contribution >= 0.6 is 7.82 Å². The van der Waals surface area contributed by atoms with Gasteiger partial charge in [0.2, 0.25) is 0 Å². The molecule has 9 nitrogen and oxygen atoms in total. The molecule has 0 amide bonds. The summed E-state index contributed by atoms with van der Waals surface area (Å²) in [5, 5.41) is 10.1. The Kier molecular flexibility index (Phi) is 33.1. The quantitative estimate of drug-likeness (QED) is 0.0198. The maximum atomic E-state index is 12.3. The van der Waals surface area contributed by atoms with Crippen molar-refractivity contribution >= 4 is 19.8 Å². The summed E-state index contributed by atoms with van der Waals surface area (Å²) in [5.41, 5.74) is 0. The summed E-state index contributed by atoms with van der Waals surface area (Å²) >= 11 is 0. The van der Waals surface area contributed by atoms with Crippen LogP contribution < -0.4 is 0 Å². The second-order valence-corrected chi connectivity index (χ2v) is 13.6. The fraction of sp³-hybridized carbons (Fsp3) is 0.650. The number of phosphoric ester groups is 1. The number of carbonyl (C=O) groups excluding carboxylic acids is 2. The van der Waals surface area contributed by atoms with E-state index in [0.717, 1.165) is 44.9 Å². The Labute approximate surface area is 302 Å². The maximum absolute atomic E-state index is 12.3. The molecule has 50 heavy (non-hydrogen) atoms. The molecule has 2 atom stereocenters. The van der Waals surface area contributed by atoms with Crippen LogP contribution in [0.2, 0.25) is 0 Å². The highest BCUT2D eigenvalue weighted by atomic mass is 31.2. The topological polar surface area (TPSA) is 140 Å². The summed E-state index contributed by atoms with van der Waals surface area (Å²) < 4.78 is 26.2. The van der Waals surface area contributed by atoms with Gasteiger partial charge >= 0.3 is 19.8 Å². The van der Waals surface area contributed by atoms with Crippen molar-refractivity contribution in [3.63, 3.8) is 0 Å². The van der Waals surface area contributed by atoms with Crippen molar-refractivity contribution in [2.45, 2.75) is 154 Å². The van der Waals surface area contributed by atoms with Crippen LogP contribution in [0.15, 0.2) is 72.9 Å². The van der Waals surface area contributed by atoms with Crippen LogP contribution in [0.5, 0.6) is 0 Å². The zero-order valence-electron chi connectivity index (χ0n) is 30.9. The summed E-state index contributed by atoms with van der Waals surface area (Å²) in [6.45, 7) is 3.40. The van der Waals surface area contributed by atoms with Gasteiger partial charge in [-0.3, -0.25) is 14.1 Å². The molecule has 0 aromatic heterocycles. The van der Waals surface area contributed by atoms with Crippen LogP contribution in [0.3, 0.4) is 0 Å². The van der Waals surface area contributed by atoms with Crippen LogP contribution in [-0.2, 0) is 28.2 Å². The van der Waals surface area contributed by atoms with E-state index < -0.39 is 38.6 Å². The lowest BCUT2D eigenvalue weighted by molar-refractivity contribution is -0.161. The highest BCUT2D eigenvalue weighted by Crippen LogP contribution is 2.35. The summed E-state index contributed by atoms with van der Waals surface area (Å²) in [4.78, 5) is 42.6. The molecule has 286 valence electrons. The molecule has 0 aliphatic rings. The highest BCUT2D eigenvalue weighted by molar-refractivity contribution is 7.46. The first-order valence-corrected chi connectivity index (χ1v) is 20.4. The van der Waals surface area contributed by atoms with E-state index in [2.05, 4.69) is 54.8 Å². The molecule has 0 heterocycles. The van der Waals surface area contributed by atoms with Crippen LogP contribution in [0.4, 0.5) is 0 Å². The molecule has 10 heteroatoms. The number of hydrogen-bond acceptors (Lipinski definition) is 7. The third-order valence-corrected chi connectivity index (χ3v) is 8.07. The Morgan fingerprint density at radius 3 is 1.78 bits per heavy atom. The zero-order chi connectivity index (χ0) is 37.0. The maximum Gasteiger partial charge on any atom is 0.469 e. The van der Waals surface area contributed by atoms with E-state index in [9.17, 15) is 19.3 Å². The molecule has 0 bridgehead atoms. The van der Waals surface area contributed by atoms with E-state index >= 15 is 0 Å². The first kappa shape index (κ1) is 47.4. The Morgan fingerprint density at radius 1 is 0.640 bits per heavy atom. The van der Waals surface area contributed by atoms with Gasteiger partial charge in [0.1, 0.15) is 6.61 Å². The number of carbonyl (C=O) groups is 2. The van der Waals surface area contributed by atoms with Gasteiger partial charge in [-0.15, -0.1) is 0 Å². The van der Waals surface area contributed by atoms with Crippen molar-refractivity contribution in [3.8, 4) is 0 Å². The van der Waals surface area contributed by atoms with Crippen LogP contribution in [-0.4, -0.2) is 52.3 Å². The number of rotatable bonds is 33. The van der Waals surface area contributed by atoms with Gasteiger partial charge in [-0.05, 0) is 44.9 Å². The smallest absolute Gasteiger partial charge is 0.462 e. The Morgan fingerprint density at radius 2 is 1.20 bits per heavy atom. The van der Waals surface area contributed by atoms with Crippen LogP contribution in [0.25, 0.3) is 0 Å². The minimum atomic E-state index is -4.80. The van der Waals surface area contributed by atoms with Crippen molar-refractivity contribution in [2.75, 3.05) is 13.2 Å². The first-order chi connectivity index (χ1) is 24.2. The molecule has 0 aromatic carbocycles. The van der Waals surface area contributed by atoms with Crippen molar-refractivity contribution in [1.82, 2.24) is 0 Å². The minimum Gasteiger partial charge on any atom is -0.462 e. The summed E-state index contributed by atoms with van der Waals surface area (Å²) in [7, 11) is -4.80. The minimum absolute atomic E-state index is 0.00357. The second kappa shape index (κ2) is 34.9. The van der Waals surface area contributed by atoms with E-state index in [1.165, 1.54) is 51.4 Å². The molecule has 0 saturated heterocycles. The third-order valence-electron chi connectivity index (χ3n) is 7.58. The SMILES string of the molecule is CC/C=C\C/C=C\C/C=C\C/C=C\C=C/C(O)C/C=C\CCC(=O)O[C@H](COC(=O)CCCCCCCCCCCCCC)COP(=O)(O)O. The van der Waals surface area contributed by atoms with Gasteiger partial charge in [-0.2, -0.15) is 0 Å². The first-order valence-electron chi connectivity index (χ1n) is 18.8. The Balaban J connectivity index is 4.23. The average molecular weight is 723 g/mol. The van der Waals surface area contributed by atoms with Gasteiger partial charge in [0, 0.05) is 12.8 Å². The number of esters is 2. The molecule has 0 spiro atoms. The fourth-order valence-corrected chi connectivity index (χ4v) is 5.14. The van der Waals surface area contributed by atoms with E-state index in [1.54, 1.807) is 24.3 Å². The molecular formula is C40H67O9P. The predicted molar refractivity (Wildman–Crippen MR) is 203 cm³/mol. The number of phosphoric acid groups is 1. The van der Waals surface area contributed by atoms with Gasteiger partial charge in [0.15, 0.2) is 6.10 Å². The molecule has 0 saturated carbocycles. The van der Waals surface area contributed by atoms with E-state index in [1.807, 2.05) is 12.2 Å². The van der Waals surface area contributed by atoms with Gasteiger partial charge in [-0.25, -0.2) is 4.57 Å². The lowest BCUT2D eigenvalue weighted by Gasteiger charge is -2.18. The summed E-state index contributed by atoms with van der Waals surface area (Å²) in [5.74, 6) is -1.07. The zero-order valence-corrected chi connectivity index (χ0v) is 31.8. The molecule has 1 unspecified atom stereocenters.